The second kappa shape index (κ2) is 8.00. The standard InChI is InChI=1S/C22H35N5O2/c1-22(2)13-19(5-8-29-22)27-14-16-11-18(12-17(16)15-27)23-20-3-4-21(25-24-20)26-6-9-28-10-7-26/h3-4,16-19H,5-15H2,1-2H3,(H,23,24)/t16-,17+,18+,19?. The molecular formula is C22H35N5O2. The maximum atomic E-state index is 5.92. The quantitative estimate of drug-likeness (QED) is 0.831. The number of likely N-dealkylation sites (tertiary alicyclic amines) is 1. The number of nitrogens with one attached hydrogen (secondary N) is 1. The molecule has 4 aliphatic rings. The second-order valence-corrected chi connectivity index (χ2v) is 9.92. The molecule has 3 aliphatic heterocycles. The van der Waals surface area contributed by atoms with Gasteiger partial charge in [0.2, 0.25) is 0 Å². The summed E-state index contributed by atoms with van der Waals surface area (Å²) in [5.74, 6) is 3.50. The van der Waals surface area contributed by atoms with Crippen molar-refractivity contribution in [2.24, 2.45) is 11.8 Å². The molecule has 0 spiro atoms. The number of morpholine rings is 1. The summed E-state index contributed by atoms with van der Waals surface area (Å²) in [7, 11) is 0. The molecule has 0 radical (unpaired) electrons. The number of ether oxygens (including phenoxy) is 2. The summed E-state index contributed by atoms with van der Waals surface area (Å²) in [4.78, 5) is 5.00. The first-order chi connectivity index (χ1) is 14.1. The molecule has 7 nitrogen and oxygen atoms in total. The lowest BCUT2D eigenvalue weighted by molar-refractivity contribution is -0.0811. The molecule has 1 aromatic heterocycles. The fourth-order valence-corrected chi connectivity index (χ4v) is 5.84. The Morgan fingerprint density at radius 1 is 1.03 bits per heavy atom. The Kier molecular flexibility index (Phi) is 5.39. The van der Waals surface area contributed by atoms with Crippen LogP contribution in [0.2, 0.25) is 0 Å². The maximum absolute atomic E-state index is 5.92. The summed E-state index contributed by atoms with van der Waals surface area (Å²) in [6.07, 6.45) is 4.86. The average Bonchev–Trinajstić information content (AvgIpc) is 3.27. The van der Waals surface area contributed by atoms with E-state index in [0.717, 1.165) is 56.4 Å². The Bertz CT molecular complexity index is 677. The van der Waals surface area contributed by atoms with Crippen LogP contribution in [0.4, 0.5) is 11.6 Å². The van der Waals surface area contributed by atoms with Crippen molar-refractivity contribution in [2.75, 3.05) is 56.2 Å². The topological polar surface area (TPSA) is 62.8 Å². The number of rotatable bonds is 4. The van der Waals surface area contributed by atoms with Crippen LogP contribution in [0.15, 0.2) is 12.1 Å². The van der Waals surface area contributed by atoms with Crippen molar-refractivity contribution in [1.29, 1.82) is 0 Å². The fraction of sp³-hybridized carbons (Fsp3) is 0.818. The van der Waals surface area contributed by atoms with Crippen LogP contribution < -0.4 is 10.2 Å². The van der Waals surface area contributed by atoms with Gasteiger partial charge in [0.1, 0.15) is 5.82 Å². The lowest BCUT2D eigenvalue weighted by atomic mass is 9.93. The Labute approximate surface area is 174 Å². The molecule has 1 saturated carbocycles. The smallest absolute Gasteiger partial charge is 0.151 e. The summed E-state index contributed by atoms with van der Waals surface area (Å²) < 4.78 is 11.3. The van der Waals surface area contributed by atoms with Crippen LogP contribution in [0, 0.1) is 11.8 Å². The molecule has 4 heterocycles. The minimum atomic E-state index is 0.0385. The van der Waals surface area contributed by atoms with Crippen LogP contribution in [-0.2, 0) is 9.47 Å². The van der Waals surface area contributed by atoms with Crippen LogP contribution in [0.25, 0.3) is 0 Å². The van der Waals surface area contributed by atoms with Gasteiger partial charge in [-0.15, -0.1) is 10.2 Å². The van der Waals surface area contributed by atoms with Gasteiger partial charge < -0.3 is 19.7 Å². The van der Waals surface area contributed by atoms with Crippen molar-refractivity contribution in [3.05, 3.63) is 12.1 Å². The molecule has 1 N–H and O–H groups in total. The normalized spacial score (nSPS) is 34.9. The number of hydrogen-bond acceptors (Lipinski definition) is 7. The van der Waals surface area contributed by atoms with E-state index in [0.29, 0.717) is 12.1 Å². The molecule has 3 saturated heterocycles. The SMILES string of the molecule is CC1(C)CC(N2C[C@H]3C[C@H](Nc4ccc(N5CCOCC5)nn4)C[C@H]3C2)CCO1. The summed E-state index contributed by atoms with van der Waals surface area (Å²) in [6.45, 7) is 11.2. The lowest BCUT2D eigenvalue weighted by Gasteiger charge is -2.40. The van der Waals surface area contributed by atoms with E-state index in [-0.39, 0.29) is 5.60 Å². The van der Waals surface area contributed by atoms with Gasteiger partial charge in [0.25, 0.3) is 0 Å². The molecule has 29 heavy (non-hydrogen) atoms. The summed E-state index contributed by atoms with van der Waals surface area (Å²) in [6, 6.07) is 5.41. The van der Waals surface area contributed by atoms with Crippen molar-refractivity contribution in [2.45, 2.75) is 57.2 Å². The molecule has 1 unspecified atom stereocenters. The van der Waals surface area contributed by atoms with Crippen molar-refractivity contribution >= 4 is 11.6 Å². The molecule has 1 aliphatic carbocycles. The van der Waals surface area contributed by atoms with Crippen LogP contribution in [0.3, 0.4) is 0 Å². The van der Waals surface area contributed by atoms with Gasteiger partial charge in [-0.1, -0.05) is 0 Å². The fourth-order valence-electron chi connectivity index (χ4n) is 5.84. The third-order valence-electron chi connectivity index (χ3n) is 7.30. The predicted octanol–water partition coefficient (Wildman–Crippen LogP) is 2.39. The molecule has 0 amide bonds. The zero-order valence-electron chi connectivity index (χ0n) is 17.8. The maximum Gasteiger partial charge on any atom is 0.151 e. The van der Waals surface area contributed by atoms with Gasteiger partial charge in [0.15, 0.2) is 5.82 Å². The highest BCUT2D eigenvalue weighted by molar-refractivity contribution is 5.44. The van der Waals surface area contributed by atoms with Crippen LogP contribution in [0.1, 0.15) is 39.5 Å². The summed E-state index contributed by atoms with van der Waals surface area (Å²) >= 11 is 0. The molecule has 160 valence electrons. The van der Waals surface area contributed by atoms with Gasteiger partial charge in [-0.25, -0.2) is 0 Å². The zero-order valence-corrected chi connectivity index (χ0v) is 17.8. The van der Waals surface area contributed by atoms with Crippen molar-refractivity contribution in [3.63, 3.8) is 0 Å². The van der Waals surface area contributed by atoms with E-state index in [2.05, 4.69) is 51.3 Å². The Morgan fingerprint density at radius 3 is 2.45 bits per heavy atom. The molecule has 0 aromatic carbocycles. The van der Waals surface area contributed by atoms with Gasteiger partial charge >= 0.3 is 0 Å². The lowest BCUT2D eigenvalue weighted by Crippen LogP contribution is -2.45. The Hall–Kier alpha value is -1.44. The number of aromatic nitrogens is 2. The van der Waals surface area contributed by atoms with Gasteiger partial charge in [-0.3, -0.25) is 4.90 Å². The minimum absolute atomic E-state index is 0.0385. The first-order valence-corrected chi connectivity index (χ1v) is 11.4. The highest BCUT2D eigenvalue weighted by atomic mass is 16.5. The second-order valence-electron chi connectivity index (χ2n) is 9.92. The Morgan fingerprint density at radius 2 is 1.79 bits per heavy atom. The number of hydrogen-bond donors (Lipinski definition) is 1. The number of fused-ring (bicyclic) bond motifs is 1. The van der Waals surface area contributed by atoms with Crippen LogP contribution >= 0.6 is 0 Å². The van der Waals surface area contributed by atoms with E-state index in [1.807, 2.05) is 0 Å². The molecule has 5 rings (SSSR count). The third kappa shape index (κ3) is 4.37. The van der Waals surface area contributed by atoms with Crippen molar-refractivity contribution < 1.29 is 9.47 Å². The van der Waals surface area contributed by atoms with Gasteiger partial charge in [-0.05, 0) is 63.5 Å². The molecule has 0 bridgehead atoms. The highest BCUT2D eigenvalue weighted by Gasteiger charge is 2.44. The van der Waals surface area contributed by atoms with Crippen molar-refractivity contribution in [3.8, 4) is 0 Å². The summed E-state index contributed by atoms with van der Waals surface area (Å²) in [5.41, 5.74) is 0.0385. The van der Waals surface area contributed by atoms with Gasteiger partial charge in [0.05, 0.1) is 18.8 Å². The molecular weight excluding hydrogens is 366 g/mol. The van der Waals surface area contributed by atoms with Crippen LogP contribution in [0.5, 0.6) is 0 Å². The van der Waals surface area contributed by atoms with E-state index < -0.39 is 0 Å². The largest absolute Gasteiger partial charge is 0.378 e. The third-order valence-corrected chi connectivity index (χ3v) is 7.30. The molecule has 4 fully saturated rings. The van der Waals surface area contributed by atoms with E-state index in [9.17, 15) is 0 Å². The zero-order chi connectivity index (χ0) is 19.8. The number of nitrogens with zero attached hydrogens (tertiary/aromatic N) is 4. The van der Waals surface area contributed by atoms with Gasteiger partial charge in [-0.2, -0.15) is 0 Å². The summed E-state index contributed by atoms with van der Waals surface area (Å²) in [5, 5.41) is 12.5. The van der Waals surface area contributed by atoms with Crippen molar-refractivity contribution in [1.82, 2.24) is 15.1 Å². The first-order valence-electron chi connectivity index (χ1n) is 11.4. The average molecular weight is 402 g/mol. The van der Waals surface area contributed by atoms with E-state index in [1.54, 1.807) is 0 Å². The molecule has 7 heteroatoms. The minimum Gasteiger partial charge on any atom is -0.378 e. The van der Waals surface area contributed by atoms with E-state index in [4.69, 9.17) is 9.47 Å². The predicted molar refractivity (Wildman–Crippen MR) is 113 cm³/mol. The van der Waals surface area contributed by atoms with Crippen LogP contribution in [-0.4, -0.2) is 78.8 Å². The highest BCUT2D eigenvalue weighted by Crippen LogP contribution is 2.41. The van der Waals surface area contributed by atoms with E-state index in [1.165, 1.54) is 38.8 Å². The van der Waals surface area contributed by atoms with E-state index >= 15 is 0 Å². The first kappa shape index (κ1) is 19.5. The van der Waals surface area contributed by atoms with Gasteiger partial charge in [0, 0.05) is 44.9 Å². The molecule has 4 atom stereocenters. The molecule has 1 aromatic rings. The Balaban J connectivity index is 1.12. The monoisotopic (exact) mass is 401 g/mol. The number of anilines is 2.